The van der Waals surface area contributed by atoms with Crippen LogP contribution in [0.5, 0.6) is 5.75 Å². The first-order valence-corrected chi connectivity index (χ1v) is 11.6. The van der Waals surface area contributed by atoms with Crippen LogP contribution in [0.1, 0.15) is 30.4 Å². The number of benzene rings is 2. The molecule has 1 aliphatic carbocycles. The third kappa shape index (κ3) is 3.81. The Bertz CT molecular complexity index is 1190. The highest BCUT2D eigenvalue weighted by atomic mass is 16.5. The predicted octanol–water partition coefficient (Wildman–Crippen LogP) is 3.72. The van der Waals surface area contributed by atoms with Gasteiger partial charge in [0.05, 0.1) is 23.4 Å². The highest BCUT2D eigenvalue weighted by Gasteiger charge is 2.48. The van der Waals surface area contributed by atoms with Crippen LogP contribution in [0.15, 0.2) is 54.6 Å². The summed E-state index contributed by atoms with van der Waals surface area (Å²) in [4.78, 5) is 53.9. The van der Waals surface area contributed by atoms with E-state index in [2.05, 4.69) is 0 Å². The van der Waals surface area contributed by atoms with E-state index in [-0.39, 0.29) is 42.5 Å². The summed E-state index contributed by atoms with van der Waals surface area (Å²) in [6, 6.07) is 12.5. The normalized spacial score (nSPS) is 24.1. The van der Waals surface area contributed by atoms with Crippen molar-refractivity contribution in [2.24, 2.45) is 17.8 Å². The Balaban J connectivity index is 1.28. The maximum Gasteiger partial charge on any atom is 0.316 e. The smallest absolute Gasteiger partial charge is 0.316 e. The number of rotatable bonds is 4. The maximum absolute atomic E-state index is 12.9. The van der Waals surface area contributed by atoms with E-state index >= 15 is 0 Å². The van der Waals surface area contributed by atoms with Gasteiger partial charge in [0, 0.05) is 18.7 Å². The molecule has 3 amide bonds. The topological polar surface area (TPSA) is 84.0 Å². The molecule has 0 unspecified atom stereocenters. The van der Waals surface area contributed by atoms with E-state index in [1.807, 2.05) is 43.3 Å². The Morgan fingerprint density at radius 2 is 1.56 bits per heavy atom. The van der Waals surface area contributed by atoms with E-state index in [0.29, 0.717) is 29.8 Å². The second kappa shape index (κ2) is 8.56. The lowest BCUT2D eigenvalue weighted by Crippen LogP contribution is -2.31. The molecule has 0 spiro atoms. The summed E-state index contributed by atoms with van der Waals surface area (Å²) in [7, 11) is 0. The molecule has 5 rings (SSSR count). The lowest BCUT2D eigenvalue weighted by atomic mass is 9.85. The molecule has 0 bridgehead atoms. The first-order chi connectivity index (χ1) is 16.3. The van der Waals surface area contributed by atoms with E-state index in [4.69, 9.17) is 4.74 Å². The van der Waals surface area contributed by atoms with Crippen molar-refractivity contribution in [3.05, 3.63) is 65.7 Å². The lowest BCUT2D eigenvalue weighted by Gasteiger charge is -2.19. The van der Waals surface area contributed by atoms with Crippen LogP contribution in [0.3, 0.4) is 0 Å². The van der Waals surface area contributed by atoms with Gasteiger partial charge in [0.15, 0.2) is 0 Å². The molecule has 2 aromatic rings. The fourth-order valence-corrected chi connectivity index (χ4v) is 5.02. The SMILES string of the molecule is Cc1ccc(N2C[C@@H](C(=O)Oc3ccc(N4C(=O)[C@H]5CC=CC[C@H]5C4=O)c(C)c3)CC2=O)cc1. The number of imide groups is 1. The minimum Gasteiger partial charge on any atom is -0.426 e. The van der Waals surface area contributed by atoms with E-state index < -0.39 is 11.9 Å². The van der Waals surface area contributed by atoms with Gasteiger partial charge in [-0.25, -0.2) is 4.90 Å². The standard InChI is InChI=1S/C27H26N2O5/c1-16-7-9-19(10-8-16)28-15-18(14-24(28)30)27(33)34-20-11-12-23(17(2)13-20)29-25(31)21-5-3-4-6-22(21)26(29)32/h3-4,7-13,18,21-22H,5-6,14-15H2,1-2H3/t18-,21-,22+/m0/s1. The minimum absolute atomic E-state index is 0.0946. The van der Waals surface area contributed by atoms with Crippen molar-refractivity contribution in [2.45, 2.75) is 33.1 Å². The average molecular weight is 459 g/mol. The van der Waals surface area contributed by atoms with Gasteiger partial charge in [-0.2, -0.15) is 0 Å². The summed E-state index contributed by atoms with van der Waals surface area (Å²) >= 11 is 0. The van der Waals surface area contributed by atoms with Gasteiger partial charge in [-0.15, -0.1) is 0 Å². The molecule has 0 N–H and O–H groups in total. The molecule has 3 aliphatic rings. The zero-order chi connectivity index (χ0) is 24.0. The number of ether oxygens (including phenoxy) is 1. The van der Waals surface area contributed by atoms with Gasteiger partial charge >= 0.3 is 5.97 Å². The first kappa shape index (κ1) is 22.1. The van der Waals surface area contributed by atoms with Crippen molar-refractivity contribution >= 4 is 35.1 Å². The van der Waals surface area contributed by atoms with Crippen molar-refractivity contribution in [1.82, 2.24) is 0 Å². The number of anilines is 2. The van der Waals surface area contributed by atoms with E-state index in [1.54, 1.807) is 30.0 Å². The van der Waals surface area contributed by atoms with Crippen LogP contribution in [-0.2, 0) is 19.2 Å². The molecule has 34 heavy (non-hydrogen) atoms. The third-order valence-corrected chi connectivity index (χ3v) is 6.94. The van der Waals surface area contributed by atoms with Crippen molar-refractivity contribution in [1.29, 1.82) is 0 Å². The summed E-state index contributed by atoms with van der Waals surface area (Å²) in [5.74, 6) is -1.77. The highest BCUT2D eigenvalue weighted by molar-refractivity contribution is 6.22. The molecule has 0 saturated carbocycles. The molecule has 7 heteroatoms. The molecular formula is C27H26N2O5. The Hall–Kier alpha value is -3.74. The maximum atomic E-state index is 12.9. The fourth-order valence-electron chi connectivity index (χ4n) is 5.02. The summed E-state index contributed by atoms with van der Waals surface area (Å²) < 4.78 is 5.58. The monoisotopic (exact) mass is 458 g/mol. The molecule has 2 saturated heterocycles. The summed E-state index contributed by atoms with van der Waals surface area (Å²) in [6.45, 7) is 4.03. The second-order valence-corrected chi connectivity index (χ2v) is 9.28. The number of hydrogen-bond acceptors (Lipinski definition) is 5. The van der Waals surface area contributed by atoms with Crippen LogP contribution < -0.4 is 14.5 Å². The molecule has 2 heterocycles. The molecule has 0 aromatic heterocycles. The van der Waals surface area contributed by atoms with E-state index in [1.165, 1.54) is 4.90 Å². The number of hydrogen-bond donors (Lipinski definition) is 0. The number of carbonyl (C=O) groups excluding carboxylic acids is 4. The van der Waals surface area contributed by atoms with Gasteiger partial charge in [0.2, 0.25) is 17.7 Å². The number of amides is 3. The number of esters is 1. The number of carbonyl (C=O) groups is 4. The highest BCUT2D eigenvalue weighted by Crippen LogP contribution is 2.39. The largest absolute Gasteiger partial charge is 0.426 e. The van der Waals surface area contributed by atoms with Crippen molar-refractivity contribution in [3.8, 4) is 5.75 Å². The van der Waals surface area contributed by atoms with E-state index in [9.17, 15) is 19.2 Å². The summed E-state index contributed by atoms with van der Waals surface area (Å²) in [6.07, 6.45) is 5.18. The van der Waals surface area contributed by atoms with Gasteiger partial charge in [0.25, 0.3) is 0 Å². The average Bonchev–Trinajstić information content (AvgIpc) is 3.33. The minimum atomic E-state index is -0.564. The Morgan fingerprint density at radius 3 is 2.18 bits per heavy atom. The number of aryl methyl sites for hydroxylation is 2. The quantitative estimate of drug-likeness (QED) is 0.302. The first-order valence-electron chi connectivity index (χ1n) is 11.6. The zero-order valence-corrected chi connectivity index (χ0v) is 19.2. The third-order valence-electron chi connectivity index (χ3n) is 6.94. The molecule has 7 nitrogen and oxygen atoms in total. The number of fused-ring (bicyclic) bond motifs is 1. The molecule has 3 atom stereocenters. The molecule has 2 fully saturated rings. The summed E-state index contributed by atoms with van der Waals surface area (Å²) in [5, 5.41) is 0. The van der Waals surface area contributed by atoms with Crippen LogP contribution >= 0.6 is 0 Å². The Kier molecular flexibility index (Phi) is 5.55. The number of nitrogens with zero attached hydrogens (tertiary/aromatic N) is 2. The van der Waals surface area contributed by atoms with Crippen molar-refractivity contribution in [2.75, 3.05) is 16.3 Å². The predicted molar refractivity (Wildman–Crippen MR) is 126 cm³/mol. The van der Waals surface area contributed by atoms with E-state index in [0.717, 1.165) is 11.3 Å². The Morgan fingerprint density at radius 1 is 0.912 bits per heavy atom. The molecule has 2 aromatic carbocycles. The number of allylic oxidation sites excluding steroid dienone is 2. The van der Waals surface area contributed by atoms with Crippen LogP contribution in [0.2, 0.25) is 0 Å². The fraction of sp³-hybridized carbons (Fsp3) is 0.333. The van der Waals surface area contributed by atoms with Crippen LogP contribution in [0.25, 0.3) is 0 Å². The molecule has 2 aliphatic heterocycles. The van der Waals surface area contributed by atoms with Gasteiger partial charge in [-0.1, -0.05) is 29.8 Å². The molecular weight excluding hydrogens is 432 g/mol. The molecule has 174 valence electrons. The zero-order valence-electron chi connectivity index (χ0n) is 19.2. The van der Waals surface area contributed by atoms with Crippen LogP contribution in [-0.4, -0.2) is 30.2 Å². The van der Waals surface area contributed by atoms with Gasteiger partial charge in [-0.05, 0) is 62.6 Å². The molecule has 0 radical (unpaired) electrons. The van der Waals surface area contributed by atoms with Gasteiger partial charge < -0.3 is 9.64 Å². The van der Waals surface area contributed by atoms with Crippen LogP contribution in [0, 0.1) is 31.6 Å². The van der Waals surface area contributed by atoms with Gasteiger partial charge in [0.1, 0.15) is 5.75 Å². The second-order valence-electron chi connectivity index (χ2n) is 9.28. The van der Waals surface area contributed by atoms with Crippen LogP contribution in [0.4, 0.5) is 11.4 Å². The van der Waals surface area contributed by atoms with Crippen molar-refractivity contribution < 1.29 is 23.9 Å². The summed E-state index contributed by atoms with van der Waals surface area (Å²) in [5.41, 5.74) is 3.05. The Labute approximate surface area is 198 Å². The van der Waals surface area contributed by atoms with Crippen molar-refractivity contribution in [3.63, 3.8) is 0 Å². The van der Waals surface area contributed by atoms with Gasteiger partial charge in [-0.3, -0.25) is 19.2 Å². The lowest BCUT2D eigenvalue weighted by molar-refractivity contribution is -0.139.